The van der Waals surface area contributed by atoms with E-state index in [1.165, 1.54) is 10.6 Å². The molecule has 0 radical (unpaired) electrons. The van der Waals surface area contributed by atoms with Gasteiger partial charge in [0.1, 0.15) is 0 Å². The highest BCUT2D eigenvalue weighted by molar-refractivity contribution is 5.63. The second kappa shape index (κ2) is 11.1. The minimum Gasteiger partial charge on any atom is -0.395 e. The molecule has 0 saturated carbocycles. The Morgan fingerprint density at radius 2 is 2.08 bits per heavy atom. The van der Waals surface area contributed by atoms with Gasteiger partial charge in [0.2, 0.25) is 0 Å². The first kappa shape index (κ1) is 21.4. The van der Waals surface area contributed by atoms with Crippen LogP contribution in [0.25, 0.3) is 5.70 Å². The van der Waals surface area contributed by atoms with Crippen LogP contribution in [0.1, 0.15) is 57.0 Å². The predicted molar refractivity (Wildman–Crippen MR) is 102 cm³/mol. The Morgan fingerprint density at radius 3 is 2.64 bits per heavy atom. The second-order valence-electron chi connectivity index (χ2n) is 5.89. The van der Waals surface area contributed by atoms with E-state index >= 15 is 0 Å². The SMILES string of the molecule is CC.CCc1nc(/C(N)=C(\COC2CCCCO2)N(C)N)ccc1C. The van der Waals surface area contributed by atoms with Gasteiger partial charge in [-0.15, -0.1) is 0 Å². The summed E-state index contributed by atoms with van der Waals surface area (Å²) >= 11 is 0. The highest BCUT2D eigenvalue weighted by atomic mass is 16.7. The van der Waals surface area contributed by atoms with E-state index in [1.807, 2.05) is 26.0 Å². The summed E-state index contributed by atoms with van der Waals surface area (Å²) < 4.78 is 11.4. The molecule has 1 aliphatic heterocycles. The minimum atomic E-state index is -0.177. The zero-order valence-electron chi connectivity index (χ0n) is 16.3. The van der Waals surface area contributed by atoms with Crippen LogP contribution in [0.5, 0.6) is 0 Å². The molecule has 1 saturated heterocycles. The van der Waals surface area contributed by atoms with Gasteiger partial charge in [-0.25, -0.2) is 5.84 Å². The zero-order valence-corrected chi connectivity index (χ0v) is 16.3. The van der Waals surface area contributed by atoms with Crippen molar-refractivity contribution >= 4 is 5.70 Å². The van der Waals surface area contributed by atoms with Crippen molar-refractivity contribution in [3.8, 4) is 0 Å². The highest BCUT2D eigenvalue weighted by Gasteiger charge is 2.17. The van der Waals surface area contributed by atoms with Crippen LogP contribution in [0.15, 0.2) is 17.8 Å². The van der Waals surface area contributed by atoms with Crippen LogP contribution < -0.4 is 11.6 Å². The maximum Gasteiger partial charge on any atom is 0.158 e. The number of aryl methyl sites for hydroxylation is 2. The number of aromatic nitrogens is 1. The first-order chi connectivity index (χ1) is 12.0. The Hall–Kier alpha value is -1.63. The topological polar surface area (TPSA) is 86.6 Å². The maximum absolute atomic E-state index is 6.30. The van der Waals surface area contributed by atoms with E-state index < -0.39 is 0 Å². The number of hydrogen-bond acceptors (Lipinski definition) is 6. The largest absolute Gasteiger partial charge is 0.395 e. The summed E-state index contributed by atoms with van der Waals surface area (Å²) in [6.07, 6.45) is 3.81. The van der Waals surface area contributed by atoms with Crippen molar-refractivity contribution in [3.63, 3.8) is 0 Å². The number of pyridine rings is 1. The van der Waals surface area contributed by atoms with Crippen LogP contribution in [-0.4, -0.2) is 36.5 Å². The second-order valence-corrected chi connectivity index (χ2v) is 5.89. The van der Waals surface area contributed by atoms with Crippen LogP contribution in [-0.2, 0) is 15.9 Å². The molecule has 1 unspecified atom stereocenters. The van der Waals surface area contributed by atoms with Crippen molar-refractivity contribution < 1.29 is 9.47 Å². The Kier molecular flexibility index (Phi) is 9.49. The molecule has 0 aromatic carbocycles. The molecule has 0 amide bonds. The summed E-state index contributed by atoms with van der Waals surface area (Å²) in [6.45, 7) is 9.19. The lowest BCUT2D eigenvalue weighted by Gasteiger charge is -2.26. The van der Waals surface area contributed by atoms with Gasteiger partial charge in [0, 0.05) is 19.3 Å². The molecule has 2 rings (SSSR count). The van der Waals surface area contributed by atoms with Crippen LogP contribution in [0, 0.1) is 6.92 Å². The first-order valence-electron chi connectivity index (χ1n) is 9.20. The van der Waals surface area contributed by atoms with Gasteiger partial charge in [0.15, 0.2) is 6.29 Å². The van der Waals surface area contributed by atoms with Gasteiger partial charge >= 0.3 is 0 Å². The molecule has 142 valence electrons. The average molecular weight is 351 g/mol. The van der Waals surface area contributed by atoms with E-state index in [9.17, 15) is 0 Å². The molecule has 25 heavy (non-hydrogen) atoms. The average Bonchev–Trinajstić information content (AvgIpc) is 2.64. The number of hydrazine groups is 1. The van der Waals surface area contributed by atoms with Crippen LogP contribution in [0.3, 0.4) is 0 Å². The molecule has 4 N–H and O–H groups in total. The van der Waals surface area contributed by atoms with Gasteiger partial charge in [-0.3, -0.25) is 4.98 Å². The molecule has 6 heteroatoms. The van der Waals surface area contributed by atoms with Crippen molar-refractivity contribution in [2.75, 3.05) is 20.3 Å². The third-order valence-corrected chi connectivity index (χ3v) is 4.09. The monoisotopic (exact) mass is 350 g/mol. The van der Waals surface area contributed by atoms with Crippen molar-refractivity contribution in [3.05, 3.63) is 34.8 Å². The summed E-state index contributed by atoms with van der Waals surface area (Å²) in [4.78, 5) is 4.64. The zero-order chi connectivity index (χ0) is 18.8. The van der Waals surface area contributed by atoms with Crippen molar-refractivity contribution in [1.29, 1.82) is 0 Å². The van der Waals surface area contributed by atoms with Gasteiger partial charge in [-0.1, -0.05) is 26.8 Å². The molecule has 1 aromatic rings. The van der Waals surface area contributed by atoms with Crippen molar-refractivity contribution in [2.24, 2.45) is 11.6 Å². The molecule has 1 atom stereocenters. The standard InChI is InChI=1S/C17H28N4O2.C2H6/c1-4-13-12(2)8-9-14(20-13)17(18)15(21(3)19)11-23-16-7-5-6-10-22-16;1-2/h8-9,16H,4-7,10-11,18-19H2,1-3H3;1-2H3/b17-15-;. The van der Waals surface area contributed by atoms with Gasteiger partial charge < -0.3 is 20.2 Å². The van der Waals surface area contributed by atoms with Crippen LogP contribution >= 0.6 is 0 Å². The Morgan fingerprint density at radius 1 is 1.36 bits per heavy atom. The van der Waals surface area contributed by atoms with Gasteiger partial charge in [0.25, 0.3) is 0 Å². The molecule has 6 nitrogen and oxygen atoms in total. The van der Waals surface area contributed by atoms with E-state index in [-0.39, 0.29) is 6.29 Å². The summed E-state index contributed by atoms with van der Waals surface area (Å²) in [7, 11) is 1.75. The maximum atomic E-state index is 6.30. The van der Waals surface area contributed by atoms with E-state index in [4.69, 9.17) is 21.1 Å². The van der Waals surface area contributed by atoms with E-state index in [1.54, 1.807) is 7.05 Å². The number of nitrogens with two attached hydrogens (primary N) is 2. The smallest absolute Gasteiger partial charge is 0.158 e. The molecule has 1 aliphatic rings. The van der Waals surface area contributed by atoms with Gasteiger partial charge in [-0.05, 0) is 44.2 Å². The predicted octanol–water partition coefficient (Wildman–Crippen LogP) is 2.95. The Labute approximate surface area is 152 Å². The molecular formula is C19H34N4O2. The molecule has 2 heterocycles. The molecule has 0 aliphatic carbocycles. The van der Waals surface area contributed by atoms with E-state index in [2.05, 4.69) is 18.8 Å². The van der Waals surface area contributed by atoms with Crippen molar-refractivity contribution in [1.82, 2.24) is 9.99 Å². The first-order valence-corrected chi connectivity index (χ1v) is 9.20. The third-order valence-electron chi connectivity index (χ3n) is 4.09. The summed E-state index contributed by atoms with van der Waals surface area (Å²) in [5.41, 5.74) is 10.5. The highest BCUT2D eigenvalue weighted by Crippen LogP contribution is 2.19. The minimum absolute atomic E-state index is 0.177. The quantitative estimate of drug-likeness (QED) is 0.606. The number of nitrogens with zero attached hydrogens (tertiary/aromatic N) is 2. The molecule has 1 aromatic heterocycles. The fraction of sp³-hybridized carbons (Fsp3) is 0.632. The number of hydrogen-bond donors (Lipinski definition) is 2. The van der Waals surface area contributed by atoms with Gasteiger partial charge in [-0.2, -0.15) is 0 Å². The summed E-state index contributed by atoms with van der Waals surface area (Å²) in [6, 6.07) is 3.96. The number of ether oxygens (including phenoxy) is 2. The van der Waals surface area contributed by atoms with E-state index in [0.29, 0.717) is 18.0 Å². The van der Waals surface area contributed by atoms with Crippen LogP contribution in [0.2, 0.25) is 0 Å². The Balaban J connectivity index is 0.00000151. The van der Waals surface area contributed by atoms with Crippen molar-refractivity contribution in [2.45, 2.75) is 59.7 Å². The molecule has 0 spiro atoms. The molecule has 1 fully saturated rings. The molecule has 0 bridgehead atoms. The van der Waals surface area contributed by atoms with E-state index in [0.717, 1.165) is 43.7 Å². The lowest BCUT2D eigenvalue weighted by Crippen LogP contribution is -2.33. The fourth-order valence-electron chi connectivity index (χ4n) is 2.61. The number of likely N-dealkylation sites (N-methyl/N-ethyl adjacent to an activating group) is 1. The lowest BCUT2D eigenvalue weighted by atomic mass is 10.1. The fourth-order valence-corrected chi connectivity index (χ4v) is 2.61. The number of rotatable bonds is 6. The normalized spacial score (nSPS) is 18.1. The summed E-state index contributed by atoms with van der Waals surface area (Å²) in [5.74, 6) is 5.94. The van der Waals surface area contributed by atoms with Crippen LogP contribution in [0.4, 0.5) is 0 Å². The lowest BCUT2D eigenvalue weighted by molar-refractivity contribution is -0.158. The van der Waals surface area contributed by atoms with Gasteiger partial charge in [0.05, 0.1) is 23.7 Å². The molecular weight excluding hydrogens is 316 g/mol. The summed E-state index contributed by atoms with van der Waals surface area (Å²) in [5, 5.41) is 1.49. The Bertz CT molecular complexity index is 552. The third kappa shape index (κ3) is 6.30.